The Bertz CT molecular complexity index is 276. The summed E-state index contributed by atoms with van der Waals surface area (Å²) in [5, 5.41) is 0. The molecule has 0 aliphatic carbocycles. The third-order valence-electron chi connectivity index (χ3n) is 1.45. The Hall–Kier alpha value is -0.119. The van der Waals surface area contributed by atoms with Crippen LogP contribution in [0.4, 0.5) is 0 Å². The van der Waals surface area contributed by atoms with Crippen molar-refractivity contribution >= 4 is 48.9 Å². The van der Waals surface area contributed by atoms with Crippen LogP contribution in [0.2, 0.25) is 0 Å². The largest absolute Gasteiger partial charge is 2.00 e. The first-order valence-corrected chi connectivity index (χ1v) is 4.17. The van der Waals surface area contributed by atoms with Crippen LogP contribution in [0, 0.1) is 13.0 Å². The molecule has 0 atom stereocenters. The van der Waals surface area contributed by atoms with E-state index >= 15 is 0 Å². The Labute approximate surface area is 126 Å². The summed E-state index contributed by atoms with van der Waals surface area (Å²) in [6.45, 7) is 3.72. The molecule has 0 unspecified atom stereocenters. The second kappa shape index (κ2) is 9.44. The Morgan fingerprint density at radius 3 is 1.50 bits per heavy atom. The molecule has 14 heavy (non-hydrogen) atoms. The predicted molar refractivity (Wildman–Crippen MR) is 61.9 cm³/mol. The molecule has 1 heteroatoms. The van der Waals surface area contributed by atoms with Crippen LogP contribution in [0.25, 0.3) is 0 Å². The maximum absolute atomic E-state index is 3.72. The first-order chi connectivity index (χ1) is 6.39. The normalized spacial score (nSPS) is 7.71. The molecular formula is C13H12Ba. The minimum atomic E-state index is 0. The fourth-order valence-electron chi connectivity index (χ4n) is 0.820. The third-order valence-corrected chi connectivity index (χ3v) is 1.45. The van der Waals surface area contributed by atoms with Gasteiger partial charge in [-0.05, 0) is 0 Å². The van der Waals surface area contributed by atoms with E-state index in [1.165, 1.54) is 0 Å². The third kappa shape index (κ3) is 7.30. The van der Waals surface area contributed by atoms with Gasteiger partial charge in [0.1, 0.15) is 0 Å². The molecule has 0 bridgehead atoms. The number of hydrogen-bond acceptors (Lipinski definition) is 0. The molecule has 0 aromatic heterocycles. The maximum atomic E-state index is 3.72. The molecule has 0 radical (unpaired) electrons. The van der Waals surface area contributed by atoms with Gasteiger partial charge in [0.05, 0.1) is 0 Å². The van der Waals surface area contributed by atoms with Gasteiger partial charge in [-0.3, -0.25) is 0 Å². The summed E-state index contributed by atoms with van der Waals surface area (Å²) in [6, 6.07) is 22.4. The minimum Gasteiger partial charge on any atom is -0.199 e. The molecule has 0 N–H and O–H groups in total. The van der Waals surface area contributed by atoms with Crippen molar-refractivity contribution in [1.82, 2.24) is 0 Å². The predicted octanol–water partition coefficient (Wildman–Crippen LogP) is 2.97. The van der Waals surface area contributed by atoms with Gasteiger partial charge in [-0.2, -0.15) is 61.0 Å². The zero-order valence-electron chi connectivity index (χ0n) is 8.19. The second-order valence-electron chi connectivity index (χ2n) is 2.56. The van der Waals surface area contributed by atoms with E-state index in [2.05, 4.69) is 13.0 Å². The zero-order chi connectivity index (χ0) is 9.36. The minimum absolute atomic E-state index is 0. The summed E-state index contributed by atoms with van der Waals surface area (Å²) in [4.78, 5) is 0. The van der Waals surface area contributed by atoms with Crippen molar-refractivity contribution < 1.29 is 0 Å². The Balaban J connectivity index is 0.000000227. The van der Waals surface area contributed by atoms with Crippen LogP contribution in [0.5, 0.6) is 0 Å². The van der Waals surface area contributed by atoms with Crippen molar-refractivity contribution in [3.63, 3.8) is 0 Å². The molecule has 0 saturated heterocycles. The Morgan fingerprint density at radius 1 is 0.786 bits per heavy atom. The Morgan fingerprint density at radius 2 is 1.29 bits per heavy atom. The average Bonchev–Trinajstić information content (AvgIpc) is 2.22. The molecule has 2 aromatic rings. The molecule has 2 aromatic carbocycles. The monoisotopic (exact) mass is 306 g/mol. The van der Waals surface area contributed by atoms with Crippen LogP contribution < -0.4 is 0 Å². The summed E-state index contributed by atoms with van der Waals surface area (Å²) >= 11 is 0. The van der Waals surface area contributed by atoms with Crippen molar-refractivity contribution in [3.05, 3.63) is 79.2 Å². The molecule has 0 fully saturated rings. The Kier molecular flexibility index (Phi) is 9.36. The molecule has 66 valence electrons. The first kappa shape index (κ1) is 13.9. The summed E-state index contributed by atoms with van der Waals surface area (Å²) in [6.07, 6.45) is 0. The standard InChI is InChI=1S/C7H7.C6H5.Ba/c1-7-5-3-2-4-6-7;1-2-4-6-5-3-1;/h2-6H,1H2;1-5H;/q2*-1;+2. The van der Waals surface area contributed by atoms with Crippen LogP contribution in [-0.4, -0.2) is 48.9 Å². The zero-order valence-corrected chi connectivity index (χ0v) is 12.6. The summed E-state index contributed by atoms with van der Waals surface area (Å²) < 4.78 is 0. The molecule has 0 saturated carbocycles. The van der Waals surface area contributed by atoms with Gasteiger partial charge in [0.15, 0.2) is 0 Å². The molecule has 0 amide bonds. The van der Waals surface area contributed by atoms with E-state index in [1.807, 2.05) is 60.7 Å². The van der Waals surface area contributed by atoms with Gasteiger partial charge < -0.3 is 0 Å². The maximum Gasteiger partial charge on any atom is 2.00 e. The molecule has 2 rings (SSSR count). The van der Waals surface area contributed by atoms with Crippen LogP contribution in [-0.2, 0) is 0 Å². The van der Waals surface area contributed by atoms with Crippen molar-refractivity contribution in [2.45, 2.75) is 0 Å². The number of rotatable bonds is 0. The van der Waals surface area contributed by atoms with Crippen LogP contribution >= 0.6 is 0 Å². The van der Waals surface area contributed by atoms with Crippen molar-refractivity contribution in [2.75, 3.05) is 0 Å². The summed E-state index contributed by atoms with van der Waals surface area (Å²) in [5.41, 5.74) is 1.07. The SMILES string of the molecule is [Ba+2].[CH2-]c1ccccc1.[c-]1ccccc1. The van der Waals surface area contributed by atoms with Gasteiger partial charge in [0.2, 0.25) is 0 Å². The first-order valence-electron chi connectivity index (χ1n) is 4.17. The summed E-state index contributed by atoms with van der Waals surface area (Å²) in [5.74, 6) is 0. The van der Waals surface area contributed by atoms with E-state index in [9.17, 15) is 0 Å². The molecule has 0 aliphatic rings. The molecule has 0 nitrogen and oxygen atoms in total. The van der Waals surface area contributed by atoms with E-state index in [-0.39, 0.29) is 48.9 Å². The smallest absolute Gasteiger partial charge is 0.199 e. The van der Waals surface area contributed by atoms with Crippen molar-refractivity contribution in [1.29, 1.82) is 0 Å². The van der Waals surface area contributed by atoms with Gasteiger partial charge in [-0.25, -0.2) is 0 Å². The quantitative estimate of drug-likeness (QED) is 0.518. The van der Waals surface area contributed by atoms with E-state index < -0.39 is 0 Å². The van der Waals surface area contributed by atoms with Gasteiger partial charge in [0.25, 0.3) is 0 Å². The van der Waals surface area contributed by atoms with Gasteiger partial charge in [0, 0.05) is 0 Å². The van der Waals surface area contributed by atoms with Crippen LogP contribution in [0.15, 0.2) is 60.7 Å². The molecular weight excluding hydrogens is 293 g/mol. The van der Waals surface area contributed by atoms with Crippen molar-refractivity contribution in [2.24, 2.45) is 0 Å². The topological polar surface area (TPSA) is 0 Å². The van der Waals surface area contributed by atoms with Gasteiger partial charge in [-0.1, -0.05) is 6.07 Å². The second-order valence-corrected chi connectivity index (χ2v) is 2.56. The van der Waals surface area contributed by atoms with E-state index in [0.29, 0.717) is 0 Å². The van der Waals surface area contributed by atoms with Crippen LogP contribution in [0.1, 0.15) is 5.56 Å². The van der Waals surface area contributed by atoms with Crippen LogP contribution in [0.3, 0.4) is 0 Å². The van der Waals surface area contributed by atoms with E-state index in [0.717, 1.165) is 5.56 Å². The molecule has 0 aliphatic heterocycles. The van der Waals surface area contributed by atoms with E-state index in [1.54, 1.807) is 0 Å². The molecule has 0 spiro atoms. The fraction of sp³-hybridized carbons (Fsp3) is 0. The van der Waals surface area contributed by atoms with Crippen molar-refractivity contribution in [3.8, 4) is 0 Å². The summed E-state index contributed by atoms with van der Waals surface area (Å²) in [7, 11) is 0. The van der Waals surface area contributed by atoms with Gasteiger partial charge in [-0.15, -0.1) is 12.1 Å². The average molecular weight is 306 g/mol. The van der Waals surface area contributed by atoms with Gasteiger partial charge >= 0.3 is 48.9 Å². The molecule has 0 heterocycles. The van der Waals surface area contributed by atoms with E-state index in [4.69, 9.17) is 0 Å². The number of hydrogen-bond donors (Lipinski definition) is 0. The fourth-order valence-corrected chi connectivity index (χ4v) is 0.820. The number of benzene rings is 2.